The highest BCUT2D eigenvalue weighted by atomic mass is 32.2. The van der Waals surface area contributed by atoms with Gasteiger partial charge in [0.25, 0.3) is 0 Å². The molecule has 2 heterocycles. The van der Waals surface area contributed by atoms with Crippen molar-refractivity contribution in [3.8, 4) is 0 Å². The molecule has 2 amide bonds. The number of esters is 1. The maximum absolute atomic E-state index is 13.9. The number of rotatable bonds is 11. The van der Waals surface area contributed by atoms with Crippen LogP contribution in [-0.4, -0.2) is 79.2 Å². The second-order valence-corrected chi connectivity index (χ2v) is 14.9. The first-order chi connectivity index (χ1) is 20.7. The van der Waals surface area contributed by atoms with Gasteiger partial charge in [0.2, 0.25) is 15.9 Å². The van der Waals surface area contributed by atoms with Crippen LogP contribution in [0.1, 0.15) is 66.9 Å². The minimum Gasteiger partial charge on any atom is -0.460 e. The van der Waals surface area contributed by atoms with Crippen LogP contribution in [0.4, 0.5) is 4.79 Å². The molecule has 0 aromatic heterocycles. The molecule has 3 rings (SSSR count). The first-order valence-electron chi connectivity index (χ1n) is 14.6. The smallest absolute Gasteiger partial charge is 0.457 e. The normalized spacial score (nSPS) is 24.1. The fourth-order valence-electron chi connectivity index (χ4n) is 5.41. The number of nitrogens with one attached hydrogen (secondary N) is 1. The van der Waals surface area contributed by atoms with Gasteiger partial charge in [0, 0.05) is 17.4 Å². The van der Waals surface area contributed by atoms with Gasteiger partial charge in [-0.2, -0.15) is 0 Å². The first kappa shape index (κ1) is 36.1. The van der Waals surface area contributed by atoms with Gasteiger partial charge in [0.05, 0.1) is 11.2 Å². The van der Waals surface area contributed by atoms with Crippen LogP contribution in [0, 0.1) is 5.92 Å². The number of amides is 2. The second kappa shape index (κ2) is 13.6. The van der Waals surface area contributed by atoms with E-state index in [9.17, 15) is 28.3 Å². The maximum atomic E-state index is 13.9. The van der Waals surface area contributed by atoms with Gasteiger partial charge in [-0.05, 0) is 72.3 Å². The number of primary sulfonamides is 1. The minimum absolute atomic E-state index is 0.110. The van der Waals surface area contributed by atoms with Crippen molar-refractivity contribution in [2.24, 2.45) is 16.2 Å². The summed E-state index contributed by atoms with van der Waals surface area (Å²) in [4.78, 5) is 43.2. The average Bonchev–Trinajstić information content (AvgIpc) is 3.35. The highest BCUT2D eigenvalue weighted by molar-refractivity contribution is 7.89. The predicted molar refractivity (Wildman–Crippen MR) is 165 cm³/mol. The summed E-state index contributed by atoms with van der Waals surface area (Å²) in [6, 6.07) is 8.61. The zero-order chi connectivity index (χ0) is 33.8. The molecule has 248 valence electrons. The van der Waals surface area contributed by atoms with E-state index in [2.05, 4.69) is 15.3 Å². The Hall–Kier alpha value is -3.37. The number of carbonyl (C=O) groups is 3. The van der Waals surface area contributed by atoms with Gasteiger partial charge in [0.1, 0.15) is 18.8 Å². The number of hydrogen-bond acceptors (Lipinski definition) is 10. The Kier molecular flexibility index (Phi) is 10.9. The highest BCUT2D eigenvalue weighted by Crippen LogP contribution is 2.44. The van der Waals surface area contributed by atoms with E-state index in [1.165, 1.54) is 0 Å². The van der Waals surface area contributed by atoms with E-state index in [0.29, 0.717) is 18.3 Å². The molecule has 45 heavy (non-hydrogen) atoms. The second-order valence-electron chi connectivity index (χ2n) is 13.2. The number of nitrogens with zero attached hydrogens (tertiary/aromatic N) is 4. The van der Waals surface area contributed by atoms with E-state index in [1.807, 2.05) is 27.7 Å². The van der Waals surface area contributed by atoms with Crippen molar-refractivity contribution in [1.29, 1.82) is 0 Å². The number of benzene rings is 1. The summed E-state index contributed by atoms with van der Waals surface area (Å²) >= 11 is 0. The van der Waals surface area contributed by atoms with Crippen molar-refractivity contribution in [1.82, 2.24) is 10.2 Å². The summed E-state index contributed by atoms with van der Waals surface area (Å²) in [6.07, 6.45) is -0.0993. The summed E-state index contributed by atoms with van der Waals surface area (Å²) < 4.78 is 49.1. The molecule has 1 aromatic carbocycles. The van der Waals surface area contributed by atoms with Gasteiger partial charge >= 0.3 is 19.2 Å². The fourth-order valence-corrected chi connectivity index (χ4v) is 6.81. The SMILES string of the molecule is CC(C)(C)OC(=O)NCC(=O)N1CC(CCCB2OC(C)(C)C(C)(C)O2)C(N=[N+]=[N-])(C(=O)OCc2ccccc2)C1S(N)(=O)=O. The monoisotopic (exact) mass is 650 g/mol. The Morgan fingerprint density at radius 3 is 2.29 bits per heavy atom. The van der Waals surface area contributed by atoms with Gasteiger partial charge in [-0.3, -0.25) is 9.59 Å². The number of nitrogens with two attached hydrogens (primary N) is 1. The highest BCUT2D eigenvalue weighted by Gasteiger charge is 2.65. The summed E-state index contributed by atoms with van der Waals surface area (Å²) in [6.45, 7) is 11.3. The van der Waals surface area contributed by atoms with Crippen LogP contribution >= 0.6 is 0 Å². The van der Waals surface area contributed by atoms with Gasteiger partial charge in [-0.25, -0.2) is 18.4 Å². The lowest BCUT2D eigenvalue weighted by Gasteiger charge is -2.33. The van der Waals surface area contributed by atoms with Crippen LogP contribution in [0.5, 0.6) is 0 Å². The van der Waals surface area contributed by atoms with Crippen molar-refractivity contribution in [2.75, 3.05) is 13.1 Å². The molecule has 0 aliphatic carbocycles. The third-order valence-electron chi connectivity index (χ3n) is 8.16. The summed E-state index contributed by atoms with van der Waals surface area (Å²) in [5.41, 5.74) is 5.79. The number of azide groups is 1. The topological polar surface area (TPSA) is 212 Å². The van der Waals surface area contributed by atoms with E-state index in [0.717, 1.165) is 4.90 Å². The predicted octanol–water partition coefficient (Wildman–Crippen LogP) is 3.25. The Morgan fingerprint density at radius 2 is 1.76 bits per heavy atom. The van der Waals surface area contributed by atoms with Crippen LogP contribution in [-0.2, 0) is 45.0 Å². The third-order valence-corrected chi connectivity index (χ3v) is 9.39. The van der Waals surface area contributed by atoms with E-state index >= 15 is 0 Å². The quantitative estimate of drug-likeness (QED) is 0.118. The number of sulfonamides is 1. The Labute approximate surface area is 264 Å². The van der Waals surface area contributed by atoms with E-state index in [4.69, 9.17) is 23.9 Å². The lowest BCUT2D eigenvalue weighted by Crippen LogP contribution is -2.59. The molecule has 3 atom stereocenters. The van der Waals surface area contributed by atoms with Crippen LogP contribution in [0.15, 0.2) is 35.4 Å². The van der Waals surface area contributed by atoms with Crippen LogP contribution < -0.4 is 10.5 Å². The van der Waals surface area contributed by atoms with Gasteiger partial charge in [0.15, 0.2) is 10.9 Å². The van der Waals surface area contributed by atoms with Crippen LogP contribution in [0.2, 0.25) is 6.32 Å². The maximum Gasteiger partial charge on any atom is 0.457 e. The van der Waals surface area contributed by atoms with Crippen molar-refractivity contribution in [3.63, 3.8) is 0 Å². The zero-order valence-corrected chi connectivity index (χ0v) is 27.6. The average molecular weight is 651 g/mol. The summed E-state index contributed by atoms with van der Waals surface area (Å²) in [5.74, 6) is -3.08. The molecule has 0 bridgehead atoms. The molecule has 0 saturated carbocycles. The van der Waals surface area contributed by atoms with Crippen LogP contribution in [0.3, 0.4) is 0 Å². The largest absolute Gasteiger partial charge is 0.460 e. The van der Waals surface area contributed by atoms with E-state index < -0.39 is 75.3 Å². The van der Waals surface area contributed by atoms with Crippen molar-refractivity contribution >= 4 is 35.1 Å². The number of likely N-dealkylation sites (tertiary alicyclic amines) is 1. The van der Waals surface area contributed by atoms with Crippen molar-refractivity contribution < 1.29 is 41.6 Å². The van der Waals surface area contributed by atoms with Gasteiger partial charge in [-0.1, -0.05) is 41.9 Å². The molecule has 17 heteroatoms. The molecule has 0 radical (unpaired) electrons. The standard InChI is InChI=1S/C28H43BN6O9S/c1-25(2,3)42-24(38)32-16-21(36)35-17-20(14-11-15-29-43-26(4,5)27(6,7)44-29)28(33-34-30,22(35)45(31,39)40)23(37)41-18-19-12-9-8-10-13-19/h8-10,12-13,20,22H,11,14-18H2,1-7H3,(H,32,38)(H2,31,39,40). The lowest BCUT2D eigenvalue weighted by molar-refractivity contribution is -0.153. The number of ether oxygens (including phenoxy) is 2. The molecule has 0 spiro atoms. The third kappa shape index (κ3) is 8.47. The molecular weight excluding hydrogens is 607 g/mol. The van der Waals surface area contributed by atoms with Gasteiger partial charge < -0.3 is 29.0 Å². The Balaban J connectivity index is 1.94. The molecular formula is C28H43BN6O9S. The molecule has 3 N–H and O–H groups in total. The van der Waals surface area contributed by atoms with Crippen LogP contribution in [0.25, 0.3) is 10.4 Å². The molecule has 2 aliphatic rings. The lowest BCUT2D eigenvalue weighted by atomic mass is 9.77. The Bertz CT molecular complexity index is 1400. The van der Waals surface area contributed by atoms with Gasteiger partial charge in [-0.15, -0.1) is 0 Å². The molecule has 1 aromatic rings. The summed E-state index contributed by atoms with van der Waals surface area (Å²) in [7, 11) is -5.36. The van der Waals surface area contributed by atoms with E-state index in [1.54, 1.807) is 51.1 Å². The molecule has 15 nitrogen and oxygen atoms in total. The van der Waals surface area contributed by atoms with Crippen molar-refractivity contribution in [2.45, 2.75) is 102 Å². The summed E-state index contributed by atoms with van der Waals surface area (Å²) in [5, 5.41) is 9.57. The zero-order valence-electron chi connectivity index (χ0n) is 26.8. The Morgan fingerprint density at radius 1 is 1.16 bits per heavy atom. The van der Waals surface area contributed by atoms with E-state index in [-0.39, 0.29) is 19.6 Å². The first-order valence-corrected chi connectivity index (χ1v) is 16.3. The minimum atomic E-state index is -4.78. The number of hydrogen-bond donors (Lipinski definition) is 2. The number of carbonyl (C=O) groups excluding carboxylic acids is 3. The molecule has 2 saturated heterocycles. The number of alkyl carbamates (subject to hydrolysis) is 1. The molecule has 2 fully saturated rings. The molecule has 3 unspecified atom stereocenters. The molecule has 2 aliphatic heterocycles. The van der Waals surface area contributed by atoms with Crippen molar-refractivity contribution in [3.05, 3.63) is 46.3 Å². The fraction of sp³-hybridized carbons (Fsp3) is 0.679.